The average molecular weight is 346 g/mol. The SMILES string of the molecule is CC(C)N(Cc1cccc(Cl)c1)C(=O)Cc1ccc(C(=O)O)cc1. The topological polar surface area (TPSA) is 57.6 Å². The first-order valence-corrected chi connectivity index (χ1v) is 8.10. The van der Waals surface area contributed by atoms with E-state index in [2.05, 4.69) is 0 Å². The maximum Gasteiger partial charge on any atom is 0.335 e. The zero-order valence-electron chi connectivity index (χ0n) is 13.7. The number of carboxylic acid groups (broad SMARTS) is 1. The molecule has 5 heteroatoms. The average Bonchev–Trinajstić information content (AvgIpc) is 2.52. The molecule has 24 heavy (non-hydrogen) atoms. The van der Waals surface area contributed by atoms with Gasteiger partial charge in [-0.2, -0.15) is 0 Å². The molecule has 0 saturated heterocycles. The molecule has 2 aromatic carbocycles. The Morgan fingerprint density at radius 1 is 1.08 bits per heavy atom. The van der Waals surface area contributed by atoms with Crippen LogP contribution >= 0.6 is 11.6 Å². The number of rotatable bonds is 6. The maximum absolute atomic E-state index is 12.6. The van der Waals surface area contributed by atoms with Crippen molar-refractivity contribution in [1.82, 2.24) is 4.90 Å². The van der Waals surface area contributed by atoms with Crippen LogP contribution in [-0.4, -0.2) is 27.9 Å². The molecule has 0 aliphatic heterocycles. The number of carbonyl (C=O) groups excluding carboxylic acids is 1. The summed E-state index contributed by atoms with van der Waals surface area (Å²) >= 11 is 6.01. The van der Waals surface area contributed by atoms with Crippen LogP contribution in [0.2, 0.25) is 5.02 Å². The largest absolute Gasteiger partial charge is 0.478 e. The van der Waals surface area contributed by atoms with Crippen molar-refractivity contribution in [2.75, 3.05) is 0 Å². The van der Waals surface area contributed by atoms with E-state index < -0.39 is 5.97 Å². The van der Waals surface area contributed by atoms with Crippen molar-refractivity contribution in [3.8, 4) is 0 Å². The molecule has 2 rings (SSSR count). The van der Waals surface area contributed by atoms with Crippen molar-refractivity contribution < 1.29 is 14.7 Å². The molecule has 0 aliphatic carbocycles. The molecule has 0 aromatic heterocycles. The fourth-order valence-electron chi connectivity index (χ4n) is 2.43. The van der Waals surface area contributed by atoms with Crippen LogP contribution in [-0.2, 0) is 17.8 Å². The number of carboxylic acids is 1. The van der Waals surface area contributed by atoms with E-state index in [1.165, 1.54) is 12.1 Å². The third-order valence-electron chi connectivity index (χ3n) is 3.74. The van der Waals surface area contributed by atoms with Gasteiger partial charge in [-0.25, -0.2) is 4.79 Å². The molecule has 2 aromatic rings. The highest BCUT2D eigenvalue weighted by molar-refractivity contribution is 6.30. The van der Waals surface area contributed by atoms with Gasteiger partial charge < -0.3 is 10.0 Å². The molecule has 0 bridgehead atoms. The van der Waals surface area contributed by atoms with Gasteiger partial charge in [0.2, 0.25) is 5.91 Å². The molecule has 0 unspecified atom stereocenters. The Morgan fingerprint density at radius 3 is 2.29 bits per heavy atom. The van der Waals surface area contributed by atoms with Gasteiger partial charge in [-0.15, -0.1) is 0 Å². The van der Waals surface area contributed by atoms with Gasteiger partial charge in [0.05, 0.1) is 12.0 Å². The van der Waals surface area contributed by atoms with E-state index in [1.54, 1.807) is 23.1 Å². The predicted octanol–water partition coefficient (Wildman–Crippen LogP) is 4.02. The highest BCUT2D eigenvalue weighted by atomic mass is 35.5. The number of benzene rings is 2. The Balaban J connectivity index is 2.10. The number of hydrogen-bond acceptors (Lipinski definition) is 2. The van der Waals surface area contributed by atoms with Crippen LogP contribution in [0.5, 0.6) is 0 Å². The normalized spacial score (nSPS) is 10.7. The standard InChI is InChI=1S/C19H20ClNO3/c1-13(2)21(12-15-4-3-5-17(20)10-15)18(22)11-14-6-8-16(9-7-14)19(23)24/h3-10,13H,11-12H2,1-2H3,(H,23,24). The van der Waals surface area contributed by atoms with Crippen molar-refractivity contribution in [2.24, 2.45) is 0 Å². The van der Waals surface area contributed by atoms with E-state index in [9.17, 15) is 9.59 Å². The van der Waals surface area contributed by atoms with Gasteiger partial charge in [0, 0.05) is 17.6 Å². The molecule has 0 saturated carbocycles. The molecule has 126 valence electrons. The molecule has 1 N–H and O–H groups in total. The summed E-state index contributed by atoms with van der Waals surface area (Å²) in [6.45, 7) is 4.43. The second-order valence-electron chi connectivity index (χ2n) is 5.92. The van der Waals surface area contributed by atoms with Crippen LogP contribution in [0.4, 0.5) is 0 Å². The summed E-state index contributed by atoms with van der Waals surface area (Å²) < 4.78 is 0. The summed E-state index contributed by atoms with van der Waals surface area (Å²) in [5, 5.41) is 9.57. The summed E-state index contributed by atoms with van der Waals surface area (Å²) in [6.07, 6.45) is 0.235. The fraction of sp³-hybridized carbons (Fsp3) is 0.263. The van der Waals surface area contributed by atoms with Crippen molar-refractivity contribution in [2.45, 2.75) is 32.9 Å². The molecule has 0 aliphatic rings. The lowest BCUT2D eigenvalue weighted by molar-refractivity contribution is -0.132. The van der Waals surface area contributed by atoms with Crippen LogP contribution in [0.1, 0.15) is 35.3 Å². The molecular weight excluding hydrogens is 326 g/mol. The summed E-state index contributed by atoms with van der Waals surface area (Å²) in [6, 6.07) is 13.9. The first-order chi connectivity index (χ1) is 11.4. The van der Waals surface area contributed by atoms with E-state index in [4.69, 9.17) is 16.7 Å². The number of nitrogens with zero attached hydrogens (tertiary/aromatic N) is 1. The Labute approximate surface area is 146 Å². The Morgan fingerprint density at radius 2 is 1.75 bits per heavy atom. The highest BCUT2D eigenvalue weighted by Crippen LogP contribution is 2.16. The van der Waals surface area contributed by atoms with E-state index in [-0.39, 0.29) is 23.9 Å². The van der Waals surface area contributed by atoms with Crippen molar-refractivity contribution >= 4 is 23.5 Å². The molecule has 0 radical (unpaired) electrons. The molecule has 0 spiro atoms. The molecule has 4 nitrogen and oxygen atoms in total. The predicted molar refractivity (Wildman–Crippen MR) is 94.2 cm³/mol. The van der Waals surface area contributed by atoms with E-state index in [1.807, 2.05) is 32.0 Å². The van der Waals surface area contributed by atoms with Crippen LogP contribution < -0.4 is 0 Å². The van der Waals surface area contributed by atoms with Gasteiger partial charge in [-0.05, 0) is 49.2 Å². The zero-order valence-corrected chi connectivity index (χ0v) is 14.5. The van der Waals surface area contributed by atoms with Crippen LogP contribution in [0.15, 0.2) is 48.5 Å². The molecule has 0 atom stereocenters. The van der Waals surface area contributed by atoms with E-state index in [0.717, 1.165) is 11.1 Å². The smallest absolute Gasteiger partial charge is 0.335 e. The van der Waals surface area contributed by atoms with Crippen LogP contribution in [0.3, 0.4) is 0 Å². The lowest BCUT2D eigenvalue weighted by Gasteiger charge is -2.27. The lowest BCUT2D eigenvalue weighted by Crippen LogP contribution is -2.37. The van der Waals surface area contributed by atoms with Crippen LogP contribution in [0.25, 0.3) is 0 Å². The third kappa shape index (κ3) is 4.83. The minimum absolute atomic E-state index is 0.00643. The highest BCUT2D eigenvalue weighted by Gasteiger charge is 2.18. The van der Waals surface area contributed by atoms with Gasteiger partial charge in [0.25, 0.3) is 0 Å². The van der Waals surface area contributed by atoms with Gasteiger partial charge in [0.15, 0.2) is 0 Å². The van der Waals surface area contributed by atoms with E-state index >= 15 is 0 Å². The van der Waals surface area contributed by atoms with Crippen molar-refractivity contribution in [3.63, 3.8) is 0 Å². The first kappa shape index (κ1) is 18.0. The fourth-order valence-corrected chi connectivity index (χ4v) is 2.64. The summed E-state index contributed by atoms with van der Waals surface area (Å²) in [7, 11) is 0. The third-order valence-corrected chi connectivity index (χ3v) is 3.98. The van der Waals surface area contributed by atoms with Crippen molar-refractivity contribution in [3.05, 3.63) is 70.2 Å². The second-order valence-corrected chi connectivity index (χ2v) is 6.36. The Bertz CT molecular complexity index is 726. The van der Waals surface area contributed by atoms with Crippen molar-refractivity contribution in [1.29, 1.82) is 0 Å². The van der Waals surface area contributed by atoms with Gasteiger partial charge in [-0.3, -0.25) is 4.79 Å². The summed E-state index contributed by atoms with van der Waals surface area (Å²) in [4.78, 5) is 25.3. The maximum atomic E-state index is 12.6. The van der Waals surface area contributed by atoms with E-state index in [0.29, 0.717) is 11.6 Å². The molecule has 0 fully saturated rings. The zero-order chi connectivity index (χ0) is 17.7. The molecule has 1 amide bonds. The van der Waals surface area contributed by atoms with Gasteiger partial charge >= 0.3 is 5.97 Å². The van der Waals surface area contributed by atoms with Gasteiger partial charge in [0.1, 0.15) is 0 Å². The molecular formula is C19H20ClNO3. The summed E-state index contributed by atoms with van der Waals surface area (Å²) in [5.41, 5.74) is 1.98. The first-order valence-electron chi connectivity index (χ1n) is 7.73. The second kappa shape index (κ2) is 7.97. The monoisotopic (exact) mass is 345 g/mol. The lowest BCUT2D eigenvalue weighted by atomic mass is 10.1. The molecule has 0 heterocycles. The van der Waals surface area contributed by atoms with Crippen LogP contribution in [0, 0.1) is 0 Å². The Hall–Kier alpha value is -2.33. The number of halogens is 1. The minimum Gasteiger partial charge on any atom is -0.478 e. The minimum atomic E-state index is -0.974. The quantitative estimate of drug-likeness (QED) is 0.860. The number of amides is 1. The number of hydrogen-bond donors (Lipinski definition) is 1. The van der Waals surface area contributed by atoms with Gasteiger partial charge in [-0.1, -0.05) is 35.9 Å². The summed E-state index contributed by atoms with van der Waals surface area (Å²) in [5.74, 6) is -0.981. The number of carbonyl (C=O) groups is 2. The Kier molecular flexibility index (Phi) is 5.99. The number of aromatic carboxylic acids is 1.